The smallest absolute Gasteiger partial charge is 0.0164 e. The lowest BCUT2D eigenvalue weighted by Crippen LogP contribution is -2.40. The first kappa shape index (κ1) is 11.3. The third-order valence-electron chi connectivity index (χ3n) is 1.49. The van der Waals surface area contributed by atoms with Crippen LogP contribution in [0.4, 0.5) is 0 Å². The van der Waals surface area contributed by atoms with E-state index in [0.29, 0.717) is 12.1 Å². The molecule has 68 valence electrons. The van der Waals surface area contributed by atoms with E-state index in [1.807, 2.05) is 11.8 Å². The van der Waals surface area contributed by atoms with Crippen molar-refractivity contribution in [2.75, 3.05) is 18.1 Å². The minimum absolute atomic E-state index is 0.447. The Bertz CT molecular complexity index is 88.2. The SMILES string of the molecule is CCSCC(C)NC(C)CN. The molecule has 3 N–H and O–H groups in total. The fourth-order valence-electron chi connectivity index (χ4n) is 0.896. The lowest BCUT2D eigenvalue weighted by atomic mass is 10.3. The summed E-state index contributed by atoms with van der Waals surface area (Å²) in [6, 6.07) is 1.03. The van der Waals surface area contributed by atoms with Crippen LogP contribution in [0.3, 0.4) is 0 Å². The van der Waals surface area contributed by atoms with Crippen molar-refractivity contribution in [2.24, 2.45) is 5.73 Å². The van der Waals surface area contributed by atoms with Gasteiger partial charge in [0.2, 0.25) is 0 Å². The second-order valence-electron chi connectivity index (χ2n) is 2.86. The second kappa shape index (κ2) is 6.95. The number of hydrogen-bond donors (Lipinski definition) is 2. The van der Waals surface area contributed by atoms with Crippen LogP contribution in [0.5, 0.6) is 0 Å². The molecule has 11 heavy (non-hydrogen) atoms. The van der Waals surface area contributed by atoms with E-state index in [1.54, 1.807) is 0 Å². The van der Waals surface area contributed by atoms with E-state index in [9.17, 15) is 0 Å². The number of nitrogens with one attached hydrogen (secondary N) is 1. The van der Waals surface area contributed by atoms with Crippen molar-refractivity contribution in [1.82, 2.24) is 5.32 Å². The summed E-state index contributed by atoms with van der Waals surface area (Å²) in [5.41, 5.74) is 5.48. The molecular weight excluding hydrogens is 156 g/mol. The molecule has 0 rings (SSSR count). The van der Waals surface area contributed by atoms with Gasteiger partial charge in [0.1, 0.15) is 0 Å². The third-order valence-corrected chi connectivity index (χ3v) is 2.64. The molecule has 0 spiro atoms. The van der Waals surface area contributed by atoms with Crippen molar-refractivity contribution in [3.63, 3.8) is 0 Å². The summed E-state index contributed by atoms with van der Waals surface area (Å²) in [5.74, 6) is 2.38. The fraction of sp³-hybridized carbons (Fsp3) is 1.00. The largest absolute Gasteiger partial charge is 0.329 e. The predicted octanol–water partition coefficient (Wildman–Crippen LogP) is 1.06. The number of hydrogen-bond acceptors (Lipinski definition) is 3. The van der Waals surface area contributed by atoms with E-state index in [4.69, 9.17) is 5.73 Å². The number of thioether (sulfide) groups is 1. The van der Waals surface area contributed by atoms with Crippen LogP contribution in [0.1, 0.15) is 20.8 Å². The van der Waals surface area contributed by atoms with Crippen molar-refractivity contribution < 1.29 is 0 Å². The van der Waals surface area contributed by atoms with E-state index < -0.39 is 0 Å². The lowest BCUT2D eigenvalue weighted by molar-refractivity contribution is 0.501. The predicted molar refractivity (Wildman–Crippen MR) is 54.1 cm³/mol. The maximum absolute atomic E-state index is 5.48. The zero-order valence-electron chi connectivity index (χ0n) is 7.76. The summed E-state index contributed by atoms with van der Waals surface area (Å²) in [7, 11) is 0. The van der Waals surface area contributed by atoms with Gasteiger partial charge in [0.15, 0.2) is 0 Å². The van der Waals surface area contributed by atoms with Crippen molar-refractivity contribution in [2.45, 2.75) is 32.9 Å². The average molecular weight is 176 g/mol. The van der Waals surface area contributed by atoms with Crippen LogP contribution in [-0.2, 0) is 0 Å². The lowest BCUT2D eigenvalue weighted by Gasteiger charge is -2.17. The van der Waals surface area contributed by atoms with Crippen LogP contribution in [0, 0.1) is 0 Å². The van der Waals surface area contributed by atoms with Crippen LogP contribution in [0.25, 0.3) is 0 Å². The molecule has 0 aromatic rings. The molecule has 0 aromatic carbocycles. The van der Waals surface area contributed by atoms with Gasteiger partial charge >= 0.3 is 0 Å². The van der Waals surface area contributed by atoms with Gasteiger partial charge in [-0.2, -0.15) is 11.8 Å². The minimum Gasteiger partial charge on any atom is -0.329 e. The number of rotatable bonds is 6. The summed E-state index contributed by atoms with van der Waals surface area (Å²) in [5, 5.41) is 3.42. The molecule has 0 bridgehead atoms. The molecule has 0 aromatic heterocycles. The molecule has 0 heterocycles. The Balaban J connectivity index is 3.27. The second-order valence-corrected chi connectivity index (χ2v) is 4.18. The number of nitrogens with two attached hydrogens (primary N) is 1. The summed E-state index contributed by atoms with van der Waals surface area (Å²) in [6.07, 6.45) is 0. The maximum atomic E-state index is 5.48. The molecule has 0 amide bonds. The van der Waals surface area contributed by atoms with Gasteiger partial charge in [0.05, 0.1) is 0 Å². The quantitative estimate of drug-likeness (QED) is 0.635. The van der Waals surface area contributed by atoms with Gasteiger partial charge in [0.25, 0.3) is 0 Å². The maximum Gasteiger partial charge on any atom is 0.0164 e. The van der Waals surface area contributed by atoms with Crippen molar-refractivity contribution in [3.05, 3.63) is 0 Å². The molecule has 0 saturated heterocycles. The molecule has 2 nitrogen and oxygen atoms in total. The van der Waals surface area contributed by atoms with E-state index in [-0.39, 0.29) is 0 Å². The molecule has 0 aliphatic heterocycles. The van der Waals surface area contributed by atoms with Gasteiger partial charge in [-0.1, -0.05) is 6.92 Å². The molecule has 0 aliphatic carbocycles. The zero-order valence-corrected chi connectivity index (χ0v) is 8.58. The summed E-state index contributed by atoms with van der Waals surface area (Å²) >= 11 is 1.97. The van der Waals surface area contributed by atoms with E-state index in [0.717, 1.165) is 6.54 Å². The highest BCUT2D eigenvalue weighted by Crippen LogP contribution is 2.01. The highest BCUT2D eigenvalue weighted by Gasteiger charge is 2.04. The standard InChI is InChI=1S/C8H20N2S/c1-4-11-6-8(3)10-7(2)5-9/h7-8,10H,4-6,9H2,1-3H3. The van der Waals surface area contributed by atoms with Crippen LogP contribution in [-0.4, -0.2) is 30.1 Å². The average Bonchev–Trinajstić information content (AvgIpc) is 2.00. The Morgan fingerprint density at radius 1 is 1.36 bits per heavy atom. The highest BCUT2D eigenvalue weighted by molar-refractivity contribution is 7.99. The third kappa shape index (κ3) is 6.66. The van der Waals surface area contributed by atoms with Gasteiger partial charge in [-0.3, -0.25) is 0 Å². The molecule has 0 radical (unpaired) electrons. The molecule has 2 atom stereocenters. The Morgan fingerprint density at radius 3 is 2.45 bits per heavy atom. The Kier molecular flexibility index (Phi) is 7.12. The topological polar surface area (TPSA) is 38.0 Å². The van der Waals surface area contributed by atoms with Crippen molar-refractivity contribution >= 4 is 11.8 Å². The first-order chi connectivity index (χ1) is 5.20. The van der Waals surface area contributed by atoms with Crippen LogP contribution in [0.15, 0.2) is 0 Å². The monoisotopic (exact) mass is 176 g/mol. The van der Waals surface area contributed by atoms with Gasteiger partial charge < -0.3 is 11.1 Å². The van der Waals surface area contributed by atoms with Crippen LogP contribution >= 0.6 is 11.8 Å². The van der Waals surface area contributed by atoms with E-state index in [1.165, 1.54) is 11.5 Å². The molecule has 0 saturated carbocycles. The van der Waals surface area contributed by atoms with Crippen LogP contribution < -0.4 is 11.1 Å². The van der Waals surface area contributed by atoms with E-state index >= 15 is 0 Å². The van der Waals surface area contributed by atoms with Crippen molar-refractivity contribution in [3.8, 4) is 0 Å². The highest BCUT2D eigenvalue weighted by atomic mass is 32.2. The molecule has 0 fully saturated rings. The van der Waals surface area contributed by atoms with Gasteiger partial charge in [0, 0.05) is 24.4 Å². The molecule has 3 heteroatoms. The Morgan fingerprint density at radius 2 is 2.00 bits per heavy atom. The van der Waals surface area contributed by atoms with Crippen molar-refractivity contribution in [1.29, 1.82) is 0 Å². The van der Waals surface area contributed by atoms with E-state index in [2.05, 4.69) is 26.1 Å². The molecule has 0 aliphatic rings. The summed E-state index contributed by atoms with van der Waals surface area (Å²) in [4.78, 5) is 0. The first-order valence-electron chi connectivity index (χ1n) is 4.24. The van der Waals surface area contributed by atoms with Crippen LogP contribution in [0.2, 0.25) is 0 Å². The first-order valence-corrected chi connectivity index (χ1v) is 5.40. The zero-order chi connectivity index (χ0) is 8.69. The van der Waals surface area contributed by atoms with Gasteiger partial charge in [-0.15, -0.1) is 0 Å². The normalized spacial score (nSPS) is 16.4. The molecule has 2 unspecified atom stereocenters. The summed E-state index contributed by atoms with van der Waals surface area (Å²) < 4.78 is 0. The van der Waals surface area contributed by atoms with Gasteiger partial charge in [-0.25, -0.2) is 0 Å². The fourth-order valence-corrected chi connectivity index (χ4v) is 1.58. The minimum atomic E-state index is 0.447. The Hall–Kier alpha value is 0.270. The molecular formula is C8H20N2S. The van der Waals surface area contributed by atoms with Gasteiger partial charge in [-0.05, 0) is 19.6 Å². The Labute approximate surface area is 74.3 Å². The summed E-state index contributed by atoms with van der Waals surface area (Å²) in [6.45, 7) is 7.23.